The van der Waals surface area contributed by atoms with Crippen molar-refractivity contribution < 1.29 is 4.74 Å². The first-order valence-electron chi connectivity index (χ1n) is 5.97. The van der Waals surface area contributed by atoms with Crippen LogP contribution in [0.5, 0.6) is 0 Å². The molecule has 1 aromatic rings. The van der Waals surface area contributed by atoms with E-state index in [-0.39, 0.29) is 12.1 Å². The quantitative estimate of drug-likeness (QED) is 0.839. The van der Waals surface area contributed by atoms with E-state index in [0.29, 0.717) is 0 Å². The molecule has 88 valence electrons. The van der Waals surface area contributed by atoms with Crippen LogP contribution in [-0.4, -0.2) is 22.6 Å². The summed E-state index contributed by atoms with van der Waals surface area (Å²) in [5.41, 5.74) is 6.99. The van der Waals surface area contributed by atoms with Crippen molar-refractivity contribution >= 4 is 0 Å². The van der Waals surface area contributed by atoms with Gasteiger partial charge in [-0.25, -0.2) is 9.97 Å². The normalized spacial score (nSPS) is 22.2. The van der Waals surface area contributed by atoms with E-state index < -0.39 is 0 Å². The Hall–Kier alpha value is -1.00. The highest BCUT2D eigenvalue weighted by Gasteiger charge is 2.20. The fourth-order valence-corrected chi connectivity index (χ4v) is 1.86. The maximum atomic E-state index is 5.88. The molecule has 1 aliphatic heterocycles. The van der Waals surface area contributed by atoms with Gasteiger partial charge in [0.15, 0.2) is 5.82 Å². The molecule has 2 heterocycles. The highest BCUT2D eigenvalue weighted by Crippen LogP contribution is 2.25. The van der Waals surface area contributed by atoms with Gasteiger partial charge >= 0.3 is 0 Å². The van der Waals surface area contributed by atoms with Gasteiger partial charge in [0, 0.05) is 25.0 Å². The number of nitrogens with zero attached hydrogens (tertiary/aromatic N) is 2. The van der Waals surface area contributed by atoms with E-state index in [0.717, 1.165) is 43.7 Å². The van der Waals surface area contributed by atoms with E-state index in [4.69, 9.17) is 10.5 Å². The zero-order chi connectivity index (χ0) is 11.4. The van der Waals surface area contributed by atoms with Crippen LogP contribution in [0, 0.1) is 0 Å². The Balaban J connectivity index is 1.98. The van der Waals surface area contributed by atoms with Gasteiger partial charge < -0.3 is 10.5 Å². The fraction of sp³-hybridized carbons (Fsp3) is 0.667. The molecule has 1 aliphatic rings. The van der Waals surface area contributed by atoms with Crippen molar-refractivity contribution in [3.8, 4) is 0 Å². The lowest BCUT2D eigenvalue weighted by Gasteiger charge is -2.10. The molecule has 2 N–H and O–H groups in total. The Morgan fingerprint density at radius 1 is 1.50 bits per heavy atom. The molecule has 0 bridgehead atoms. The average Bonchev–Trinajstić information content (AvgIpc) is 2.83. The average molecular weight is 221 g/mol. The van der Waals surface area contributed by atoms with Gasteiger partial charge in [-0.05, 0) is 31.2 Å². The van der Waals surface area contributed by atoms with Gasteiger partial charge in [-0.15, -0.1) is 0 Å². The molecule has 2 unspecified atom stereocenters. The van der Waals surface area contributed by atoms with Gasteiger partial charge in [-0.3, -0.25) is 0 Å². The SMILES string of the molecule is CCC(N)Cc1cnc(C2CCCO2)nc1. The Kier molecular flexibility index (Phi) is 3.85. The van der Waals surface area contributed by atoms with E-state index in [2.05, 4.69) is 16.9 Å². The molecule has 0 saturated carbocycles. The number of hydrogen-bond donors (Lipinski definition) is 1. The zero-order valence-corrected chi connectivity index (χ0v) is 9.72. The van der Waals surface area contributed by atoms with Crippen molar-refractivity contribution in [3.63, 3.8) is 0 Å². The van der Waals surface area contributed by atoms with Crippen LogP contribution in [0.1, 0.15) is 43.7 Å². The lowest BCUT2D eigenvalue weighted by molar-refractivity contribution is 0.105. The van der Waals surface area contributed by atoms with E-state index >= 15 is 0 Å². The van der Waals surface area contributed by atoms with Crippen molar-refractivity contribution in [1.29, 1.82) is 0 Å². The molecule has 0 aliphatic carbocycles. The molecule has 1 fully saturated rings. The van der Waals surface area contributed by atoms with Crippen LogP contribution >= 0.6 is 0 Å². The smallest absolute Gasteiger partial charge is 0.157 e. The summed E-state index contributed by atoms with van der Waals surface area (Å²) in [5, 5.41) is 0. The third-order valence-corrected chi connectivity index (χ3v) is 2.97. The molecule has 0 radical (unpaired) electrons. The lowest BCUT2D eigenvalue weighted by Crippen LogP contribution is -2.21. The number of ether oxygens (including phenoxy) is 1. The Bertz CT molecular complexity index is 320. The van der Waals surface area contributed by atoms with Gasteiger partial charge in [0.1, 0.15) is 6.10 Å². The fourth-order valence-electron chi connectivity index (χ4n) is 1.86. The maximum Gasteiger partial charge on any atom is 0.157 e. The molecule has 1 saturated heterocycles. The van der Waals surface area contributed by atoms with Crippen LogP contribution in [0.4, 0.5) is 0 Å². The number of hydrogen-bond acceptors (Lipinski definition) is 4. The Labute approximate surface area is 96.2 Å². The molecule has 1 aromatic heterocycles. The minimum Gasteiger partial charge on any atom is -0.370 e. The predicted octanol–water partition coefficient (Wildman–Crippen LogP) is 1.61. The summed E-state index contributed by atoms with van der Waals surface area (Å²) in [5.74, 6) is 0.811. The first-order valence-corrected chi connectivity index (χ1v) is 5.97. The summed E-state index contributed by atoms with van der Waals surface area (Å²) in [7, 11) is 0. The van der Waals surface area contributed by atoms with Crippen LogP contribution in [0.3, 0.4) is 0 Å². The van der Waals surface area contributed by atoms with Crippen LogP contribution in [-0.2, 0) is 11.2 Å². The topological polar surface area (TPSA) is 61.0 Å². The minimum atomic E-state index is 0.105. The highest BCUT2D eigenvalue weighted by atomic mass is 16.5. The second-order valence-electron chi connectivity index (χ2n) is 4.32. The number of rotatable bonds is 4. The van der Waals surface area contributed by atoms with Crippen molar-refractivity contribution in [1.82, 2.24) is 9.97 Å². The zero-order valence-electron chi connectivity index (χ0n) is 9.72. The van der Waals surface area contributed by atoms with E-state index in [1.807, 2.05) is 12.4 Å². The van der Waals surface area contributed by atoms with Crippen molar-refractivity contribution in [2.24, 2.45) is 5.73 Å². The predicted molar refractivity (Wildman–Crippen MR) is 61.9 cm³/mol. The van der Waals surface area contributed by atoms with E-state index in [1.165, 1.54) is 0 Å². The third-order valence-electron chi connectivity index (χ3n) is 2.97. The van der Waals surface area contributed by atoms with Crippen molar-refractivity contribution in [3.05, 3.63) is 23.8 Å². The van der Waals surface area contributed by atoms with Gasteiger partial charge in [0.05, 0.1) is 0 Å². The van der Waals surface area contributed by atoms with Crippen LogP contribution in [0.2, 0.25) is 0 Å². The number of nitrogens with two attached hydrogens (primary N) is 1. The summed E-state index contributed by atoms with van der Waals surface area (Å²) in [4.78, 5) is 8.71. The minimum absolute atomic E-state index is 0.105. The second kappa shape index (κ2) is 5.37. The van der Waals surface area contributed by atoms with Crippen molar-refractivity contribution in [2.45, 2.75) is 44.8 Å². The molecule has 0 aromatic carbocycles. The van der Waals surface area contributed by atoms with E-state index in [9.17, 15) is 0 Å². The second-order valence-corrected chi connectivity index (χ2v) is 4.32. The Morgan fingerprint density at radius 3 is 2.81 bits per heavy atom. The first kappa shape index (κ1) is 11.5. The van der Waals surface area contributed by atoms with Gasteiger partial charge in [0.2, 0.25) is 0 Å². The summed E-state index contributed by atoms with van der Waals surface area (Å²) in [6, 6.07) is 0.206. The molecule has 16 heavy (non-hydrogen) atoms. The van der Waals surface area contributed by atoms with Gasteiger partial charge in [-0.2, -0.15) is 0 Å². The van der Waals surface area contributed by atoms with Crippen LogP contribution in [0.15, 0.2) is 12.4 Å². The molecule has 2 atom stereocenters. The number of aromatic nitrogens is 2. The molecule has 4 heteroatoms. The summed E-state index contributed by atoms with van der Waals surface area (Å²) in [6.07, 6.45) is 7.83. The lowest BCUT2D eigenvalue weighted by atomic mass is 10.1. The first-order chi connectivity index (χ1) is 7.79. The van der Waals surface area contributed by atoms with Crippen LogP contribution in [0.25, 0.3) is 0 Å². The molecule has 2 rings (SSSR count). The van der Waals surface area contributed by atoms with Gasteiger partial charge in [-0.1, -0.05) is 6.92 Å². The summed E-state index contributed by atoms with van der Waals surface area (Å²) >= 11 is 0. The maximum absolute atomic E-state index is 5.88. The van der Waals surface area contributed by atoms with Crippen molar-refractivity contribution in [2.75, 3.05) is 6.61 Å². The third kappa shape index (κ3) is 2.77. The summed E-state index contributed by atoms with van der Waals surface area (Å²) in [6.45, 7) is 2.92. The largest absolute Gasteiger partial charge is 0.370 e. The molecule has 4 nitrogen and oxygen atoms in total. The molecular formula is C12H19N3O. The standard InChI is InChI=1S/C12H19N3O/c1-2-10(13)6-9-7-14-12(15-8-9)11-4-3-5-16-11/h7-8,10-11H,2-6,13H2,1H3. The molecular weight excluding hydrogens is 202 g/mol. The highest BCUT2D eigenvalue weighted by molar-refractivity contribution is 5.08. The summed E-state index contributed by atoms with van der Waals surface area (Å²) < 4.78 is 5.53. The van der Waals surface area contributed by atoms with Gasteiger partial charge in [0.25, 0.3) is 0 Å². The van der Waals surface area contributed by atoms with Crippen LogP contribution < -0.4 is 5.73 Å². The Morgan fingerprint density at radius 2 is 2.25 bits per heavy atom. The monoisotopic (exact) mass is 221 g/mol. The molecule has 0 amide bonds. The molecule has 0 spiro atoms. The van der Waals surface area contributed by atoms with E-state index in [1.54, 1.807) is 0 Å².